The highest BCUT2D eigenvalue weighted by molar-refractivity contribution is 8.01. The van der Waals surface area contributed by atoms with Crippen LogP contribution < -0.4 is 10.6 Å². The van der Waals surface area contributed by atoms with Crippen LogP contribution in [0.1, 0.15) is 18.4 Å². The molecule has 0 saturated heterocycles. The van der Waals surface area contributed by atoms with E-state index in [2.05, 4.69) is 10.6 Å². The average Bonchev–Trinajstić information content (AvgIpc) is 2.71. The zero-order valence-corrected chi connectivity index (χ0v) is 16.2. The van der Waals surface area contributed by atoms with E-state index in [4.69, 9.17) is 4.74 Å². The van der Waals surface area contributed by atoms with Gasteiger partial charge in [-0.2, -0.15) is 0 Å². The third-order valence-corrected chi connectivity index (χ3v) is 5.51. The fourth-order valence-electron chi connectivity index (χ4n) is 2.80. The summed E-state index contributed by atoms with van der Waals surface area (Å²) < 4.78 is 5.01. The number of para-hydroxylation sites is 1. The van der Waals surface area contributed by atoms with Crippen molar-refractivity contribution >= 4 is 35.2 Å². The van der Waals surface area contributed by atoms with Gasteiger partial charge in [-0.1, -0.05) is 42.5 Å². The fourth-order valence-corrected chi connectivity index (χ4v) is 3.89. The number of ether oxygens (including phenoxy) is 1. The first kappa shape index (κ1) is 19.9. The first-order valence-corrected chi connectivity index (χ1v) is 10.0. The lowest BCUT2D eigenvalue weighted by molar-refractivity contribution is -0.149. The van der Waals surface area contributed by atoms with Gasteiger partial charge in [0.05, 0.1) is 17.4 Å². The van der Waals surface area contributed by atoms with Crippen molar-refractivity contribution in [2.75, 3.05) is 18.5 Å². The number of rotatable bonds is 8. The van der Waals surface area contributed by atoms with Crippen LogP contribution in [0.3, 0.4) is 0 Å². The van der Waals surface area contributed by atoms with Crippen molar-refractivity contribution in [3.63, 3.8) is 0 Å². The van der Waals surface area contributed by atoms with Crippen LogP contribution >= 0.6 is 11.8 Å². The molecule has 1 aliphatic rings. The molecule has 7 heteroatoms. The van der Waals surface area contributed by atoms with Crippen LogP contribution in [0, 0.1) is 0 Å². The Labute approximate surface area is 168 Å². The molecule has 1 atom stereocenters. The van der Waals surface area contributed by atoms with Gasteiger partial charge in [-0.05, 0) is 30.5 Å². The zero-order chi connectivity index (χ0) is 19.8. The smallest absolute Gasteiger partial charge is 0.307 e. The molecule has 2 aromatic rings. The monoisotopic (exact) mass is 398 g/mol. The van der Waals surface area contributed by atoms with Crippen molar-refractivity contribution < 1.29 is 19.1 Å². The minimum Gasteiger partial charge on any atom is -0.456 e. The van der Waals surface area contributed by atoms with Gasteiger partial charge in [0, 0.05) is 11.4 Å². The van der Waals surface area contributed by atoms with Crippen LogP contribution in [0.4, 0.5) is 5.69 Å². The Morgan fingerprint density at radius 2 is 1.82 bits per heavy atom. The maximum absolute atomic E-state index is 12.1. The van der Waals surface area contributed by atoms with Crippen LogP contribution in [-0.4, -0.2) is 36.2 Å². The van der Waals surface area contributed by atoms with Crippen molar-refractivity contribution in [1.29, 1.82) is 0 Å². The van der Waals surface area contributed by atoms with E-state index < -0.39 is 11.2 Å². The summed E-state index contributed by atoms with van der Waals surface area (Å²) in [5.41, 5.74) is 1.96. The van der Waals surface area contributed by atoms with Gasteiger partial charge in [-0.3, -0.25) is 14.4 Å². The predicted octanol–water partition coefficient (Wildman–Crippen LogP) is 2.78. The summed E-state index contributed by atoms with van der Waals surface area (Å²) in [5.74, 6) is -1.13. The quantitative estimate of drug-likeness (QED) is 0.528. The molecule has 2 amide bonds. The third-order valence-electron chi connectivity index (χ3n) is 4.23. The van der Waals surface area contributed by atoms with Crippen molar-refractivity contribution in [2.45, 2.75) is 29.4 Å². The van der Waals surface area contributed by atoms with E-state index in [1.807, 2.05) is 54.6 Å². The summed E-state index contributed by atoms with van der Waals surface area (Å²) in [4.78, 5) is 36.8. The van der Waals surface area contributed by atoms with Crippen LogP contribution in [0.5, 0.6) is 0 Å². The Kier molecular flexibility index (Phi) is 7.08. The van der Waals surface area contributed by atoms with E-state index in [1.54, 1.807) is 0 Å². The number of benzene rings is 2. The number of esters is 1. The number of anilines is 1. The molecule has 2 N–H and O–H groups in total. The Bertz CT molecular complexity index is 841. The molecule has 1 heterocycles. The largest absolute Gasteiger partial charge is 0.456 e. The number of nitrogens with one attached hydrogen (secondary N) is 2. The van der Waals surface area contributed by atoms with Gasteiger partial charge in [-0.25, -0.2) is 0 Å². The Balaban J connectivity index is 1.34. The lowest BCUT2D eigenvalue weighted by Gasteiger charge is -2.23. The minimum absolute atomic E-state index is 0.0773. The number of aryl methyl sites for hydroxylation is 1. The van der Waals surface area contributed by atoms with Gasteiger partial charge in [0.1, 0.15) is 0 Å². The molecule has 0 aliphatic carbocycles. The molecule has 0 fully saturated rings. The van der Waals surface area contributed by atoms with Crippen molar-refractivity contribution in [1.82, 2.24) is 5.32 Å². The molecule has 0 bridgehead atoms. The summed E-state index contributed by atoms with van der Waals surface area (Å²) in [6.45, 7) is 0.183. The second kappa shape index (κ2) is 9.94. The van der Waals surface area contributed by atoms with Gasteiger partial charge in [0.25, 0.3) is 5.91 Å². The number of carbonyl (C=O) groups is 3. The second-order valence-electron chi connectivity index (χ2n) is 6.40. The average molecular weight is 398 g/mol. The fraction of sp³-hybridized carbons (Fsp3) is 0.286. The Morgan fingerprint density at radius 1 is 1.07 bits per heavy atom. The highest BCUT2D eigenvalue weighted by Gasteiger charge is 2.29. The molecule has 1 aliphatic heterocycles. The predicted molar refractivity (Wildman–Crippen MR) is 108 cm³/mol. The molecule has 0 spiro atoms. The molecular formula is C21H22N2O4S. The van der Waals surface area contributed by atoms with Crippen LogP contribution in [-0.2, 0) is 25.5 Å². The molecule has 0 unspecified atom stereocenters. The molecule has 2 aromatic carbocycles. The highest BCUT2D eigenvalue weighted by atomic mass is 32.2. The van der Waals surface area contributed by atoms with Crippen LogP contribution in [0.25, 0.3) is 0 Å². The Hall–Kier alpha value is -2.80. The summed E-state index contributed by atoms with van der Waals surface area (Å²) in [5, 5.41) is 4.96. The SMILES string of the molecule is O=C(COC(=O)C[C@@H]1Sc2ccccc2NC1=O)NCCCc1ccccc1. The standard InChI is InChI=1S/C21H22N2O4S/c24-19(22-12-6-9-15-7-2-1-3-8-15)14-27-20(25)13-18-21(26)23-16-10-4-5-11-17(16)28-18/h1-5,7-8,10-11,18H,6,9,12-14H2,(H,22,24)(H,23,26)/t18-/m0/s1. The summed E-state index contributed by atoms with van der Waals surface area (Å²) in [7, 11) is 0. The van der Waals surface area contributed by atoms with E-state index in [0.29, 0.717) is 6.54 Å². The third kappa shape index (κ3) is 5.85. The number of hydrogen-bond donors (Lipinski definition) is 2. The highest BCUT2D eigenvalue weighted by Crippen LogP contribution is 2.36. The number of thioether (sulfide) groups is 1. The maximum atomic E-state index is 12.1. The first-order valence-electron chi connectivity index (χ1n) is 9.14. The van der Waals surface area contributed by atoms with E-state index in [-0.39, 0.29) is 24.8 Å². The first-order chi connectivity index (χ1) is 13.6. The number of fused-ring (bicyclic) bond motifs is 1. The Morgan fingerprint density at radius 3 is 2.64 bits per heavy atom. The molecule has 28 heavy (non-hydrogen) atoms. The number of amides is 2. The molecule has 0 saturated carbocycles. The van der Waals surface area contributed by atoms with E-state index in [1.165, 1.54) is 17.3 Å². The lowest BCUT2D eigenvalue weighted by atomic mass is 10.1. The summed E-state index contributed by atoms with van der Waals surface area (Å²) >= 11 is 1.33. The topological polar surface area (TPSA) is 84.5 Å². The molecule has 146 valence electrons. The lowest BCUT2D eigenvalue weighted by Crippen LogP contribution is -2.33. The van der Waals surface area contributed by atoms with Crippen LogP contribution in [0.2, 0.25) is 0 Å². The minimum atomic E-state index is -0.563. The van der Waals surface area contributed by atoms with E-state index in [9.17, 15) is 14.4 Å². The van der Waals surface area contributed by atoms with Crippen LogP contribution in [0.15, 0.2) is 59.5 Å². The normalized spacial score (nSPS) is 15.3. The van der Waals surface area contributed by atoms with E-state index in [0.717, 1.165) is 23.4 Å². The van der Waals surface area contributed by atoms with Gasteiger partial charge < -0.3 is 15.4 Å². The van der Waals surface area contributed by atoms with Crippen molar-refractivity contribution in [3.05, 3.63) is 60.2 Å². The molecular weight excluding hydrogens is 376 g/mol. The molecule has 0 aromatic heterocycles. The van der Waals surface area contributed by atoms with Gasteiger partial charge in [-0.15, -0.1) is 11.8 Å². The van der Waals surface area contributed by atoms with Gasteiger partial charge >= 0.3 is 5.97 Å². The molecule has 3 rings (SSSR count). The number of hydrogen-bond acceptors (Lipinski definition) is 5. The number of carbonyl (C=O) groups excluding carboxylic acids is 3. The molecule has 0 radical (unpaired) electrons. The second-order valence-corrected chi connectivity index (χ2v) is 7.64. The molecule has 6 nitrogen and oxygen atoms in total. The van der Waals surface area contributed by atoms with Crippen molar-refractivity contribution in [3.8, 4) is 0 Å². The zero-order valence-electron chi connectivity index (χ0n) is 15.4. The van der Waals surface area contributed by atoms with Gasteiger partial charge in [0.15, 0.2) is 6.61 Å². The maximum Gasteiger partial charge on any atom is 0.307 e. The van der Waals surface area contributed by atoms with Gasteiger partial charge in [0.2, 0.25) is 5.91 Å². The van der Waals surface area contributed by atoms with Crippen molar-refractivity contribution in [2.24, 2.45) is 0 Å². The summed E-state index contributed by atoms with van der Waals surface area (Å²) in [6.07, 6.45) is 1.60. The van der Waals surface area contributed by atoms with E-state index >= 15 is 0 Å². The summed E-state index contributed by atoms with van der Waals surface area (Å²) in [6, 6.07) is 17.4.